The molecule has 0 spiro atoms. The van der Waals surface area contributed by atoms with Crippen LogP contribution >= 0.6 is 0 Å². The third kappa shape index (κ3) is 3.65. The van der Waals surface area contributed by atoms with Crippen LogP contribution in [-0.4, -0.2) is 15.6 Å². The maximum Gasteiger partial charge on any atom is 0.335 e. The van der Waals surface area contributed by atoms with E-state index >= 15 is 0 Å². The summed E-state index contributed by atoms with van der Waals surface area (Å²) < 4.78 is 15.1. The van der Waals surface area contributed by atoms with Crippen LogP contribution in [-0.2, 0) is 0 Å². The van der Waals surface area contributed by atoms with Gasteiger partial charge in [-0.05, 0) is 67.4 Å². The van der Waals surface area contributed by atoms with E-state index < -0.39 is 5.97 Å². The van der Waals surface area contributed by atoms with Crippen LogP contribution in [0.5, 0.6) is 0 Å². The standard InChI is InChI=1S/C22H17FN2O2/c1-14-10-18(11-19(13-24)16-6-8-20(23)9-7-16)15(2)25(14)21-5-3-4-17(12-21)22(26)27/h3-12H,1-2H3,(H,26,27)/b19-11-. The van der Waals surface area contributed by atoms with Gasteiger partial charge in [-0.1, -0.05) is 18.2 Å². The number of hydrogen-bond acceptors (Lipinski definition) is 2. The topological polar surface area (TPSA) is 66.0 Å². The Hall–Kier alpha value is -3.65. The van der Waals surface area contributed by atoms with Crippen molar-refractivity contribution in [2.24, 2.45) is 0 Å². The number of nitrogens with zero attached hydrogens (tertiary/aromatic N) is 2. The van der Waals surface area contributed by atoms with E-state index in [0.29, 0.717) is 11.1 Å². The lowest BCUT2D eigenvalue weighted by Gasteiger charge is -2.10. The minimum atomic E-state index is -0.984. The molecule has 0 unspecified atom stereocenters. The number of carboxylic acids is 1. The molecule has 0 aliphatic heterocycles. The van der Waals surface area contributed by atoms with Gasteiger partial charge in [0.25, 0.3) is 0 Å². The highest BCUT2D eigenvalue weighted by Gasteiger charge is 2.12. The number of allylic oxidation sites excluding steroid dienone is 1. The zero-order chi connectivity index (χ0) is 19.6. The summed E-state index contributed by atoms with van der Waals surface area (Å²) >= 11 is 0. The molecule has 0 bridgehead atoms. The Morgan fingerprint density at radius 1 is 1.11 bits per heavy atom. The summed E-state index contributed by atoms with van der Waals surface area (Å²) in [5, 5.41) is 18.7. The van der Waals surface area contributed by atoms with Gasteiger partial charge < -0.3 is 9.67 Å². The summed E-state index contributed by atoms with van der Waals surface area (Å²) in [5.41, 5.74) is 4.65. The van der Waals surface area contributed by atoms with Gasteiger partial charge in [0.2, 0.25) is 0 Å². The lowest BCUT2D eigenvalue weighted by Crippen LogP contribution is -2.02. The Balaban J connectivity index is 2.08. The molecule has 0 saturated heterocycles. The molecule has 0 radical (unpaired) electrons. The van der Waals surface area contributed by atoms with Gasteiger partial charge >= 0.3 is 5.97 Å². The predicted molar refractivity (Wildman–Crippen MR) is 102 cm³/mol. The van der Waals surface area contributed by atoms with Crippen LogP contribution in [0.4, 0.5) is 4.39 Å². The van der Waals surface area contributed by atoms with E-state index in [0.717, 1.165) is 22.6 Å². The molecule has 0 saturated carbocycles. The highest BCUT2D eigenvalue weighted by Crippen LogP contribution is 2.26. The van der Waals surface area contributed by atoms with Gasteiger partial charge in [0.15, 0.2) is 0 Å². The number of carbonyl (C=O) groups is 1. The number of aryl methyl sites for hydroxylation is 1. The van der Waals surface area contributed by atoms with Gasteiger partial charge in [0.05, 0.1) is 17.2 Å². The number of aromatic nitrogens is 1. The summed E-state index contributed by atoms with van der Waals surface area (Å²) in [6.45, 7) is 3.83. The van der Waals surface area contributed by atoms with Crippen molar-refractivity contribution in [3.8, 4) is 11.8 Å². The number of benzene rings is 2. The van der Waals surface area contributed by atoms with Crippen molar-refractivity contribution in [1.29, 1.82) is 5.26 Å². The Kier molecular flexibility index (Phi) is 4.91. The Morgan fingerprint density at radius 2 is 1.81 bits per heavy atom. The van der Waals surface area contributed by atoms with E-state index in [-0.39, 0.29) is 11.4 Å². The number of nitriles is 1. The van der Waals surface area contributed by atoms with Crippen molar-refractivity contribution >= 4 is 17.6 Å². The number of hydrogen-bond donors (Lipinski definition) is 1. The third-order valence-corrected chi connectivity index (χ3v) is 4.40. The van der Waals surface area contributed by atoms with Gasteiger partial charge in [-0.2, -0.15) is 5.26 Å². The maximum atomic E-state index is 13.1. The molecule has 0 amide bonds. The lowest BCUT2D eigenvalue weighted by atomic mass is 10.0. The Bertz CT molecular complexity index is 1090. The lowest BCUT2D eigenvalue weighted by molar-refractivity contribution is 0.0697. The van der Waals surface area contributed by atoms with Crippen LogP contribution in [0.3, 0.4) is 0 Å². The second-order valence-corrected chi connectivity index (χ2v) is 6.19. The fourth-order valence-corrected chi connectivity index (χ4v) is 3.07. The number of rotatable bonds is 4. The summed E-state index contributed by atoms with van der Waals surface area (Å²) in [7, 11) is 0. The second kappa shape index (κ2) is 7.30. The minimum Gasteiger partial charge on any atom is -0.478 e. The van der Waals surface area contributed by atoms with Gasteiger partial charge in [-0.3, -0.25) is 0 Å². The maximum absolute atomic E-state index is 13.1. The van der Waals surface area contributed by atoms with E-state index in [9.17, 15) is 19.6 Å². The molecule has 27 heavy (non-hydrogen) atoms. The number of carboxylic acid groups (broad SMARTS) is 1. The number of halogens is 1. The van der Waals surface area contributed by atoms with Crippen molar-refractivity contribution < 1.29 is 14.3 Å². The summed E-state index contributed by atoms with van der Waals surface area (Å²) in [5.74, 6) is -1.34. The first-order chi connectivity index (χ1) is 12.9. The SMILES string of the molecule is Cc1cc(/C=C(/C#N)c2ccc(F)cc2)c(C)n1-c1cccc(C(=O)O)c1. The first-order valence-corrected chi connectivity index (χ1v) is 8.31. The van der Waals surface area contributed by atoms with Gasteiger partial charge in [0, 0.05) is 17.1 Å². The first kappa shape index (κ1) is 18.2. The van der Waals surface area contributed by atoms with E-state index in [1.54, 1.807) is 36.4 Å². The molecule has 134 valence electrons. The molecule has 0 aliphatic rings. The average molecular weight is 360 g/mol. The van der Waals surface area contributed by atoms with Crippen molar-refractivity contribution in [1.82, 2.24) is 4.57 Å². The quantitative estimate of drug-likeness (QED) is 0.666. The number of aromatic carboxylic acids is 1. The largest absolute Gasteiger partial charge is 0.478 e. The van der Waals surface area contributed by atoms with Crippen LogP contribution in [0.25, 0.3) is 17.3 Å². The van der Waals surface area contributed by atoms with Crippen LogP contribution in [0.15, 0.2) is 54.6 Å². The van der Waals surface area contributed by atoms with Crippen molar-refractivity contribution in [2.45, 2.75) is 13.8 Å². The van der Waals surface area contributed by atoms with Crippen molar-refractivity contribution in [3.05, 3.63) is 88.5 Å². The smallest absolute Gasteiger partial charge is 0.335 e. The normalized spacial score (nSPS) is 11.3. The molecular formula is C22H17FN2O2. The molecule has 1 aromatic heterocycles. The minimum absolute atomic E-state index is 0.209. The van der Waals surface area contributed by atoms with Crippen LogP contribution in [0, 0.1) is 31.0 Å². The molecule has 0 fully saturated rings. The summed E-state index contributed by atoms with van der Waals surface area (Å²) in [6.07, 6.45) is 1.76. The van der Waals surface area contributed by atoms with E-state index in [2.05, 4.69) is 6.07 Å². The highest BCUT2D eigenvalue weighted by atomic mass is 19.1. The first-order valence-electron chi connectivity index (χ1n) is 8.31. The van der Waals surface area contributed by atoms with Gasteiger partial charge in [-0.15, -0.1) is 0 Å². The van der Waals surface area contributed by atoms with Crippen molar-refractivity contribution in [2.75, 3.05) is 0 Å². The molecule has 3 rings (SSSR count). The zero-order valence-corrected chi connectivity index (χ0v) is 14.9. The van der Waals surface area contributed by atoms with Crippen LogP contribution in [0.2, 0.25) is 0 Å². The Morgan fingerprint density at radius 3 is 2.44 bits per heavy atom. The molecule has 5 heteroatoms. The molecule has 3 aromatic rings. The third-order valence-electron chi connectivity index (χ3n) is 4.40. The fourth-order valence-electron chi connectivity index (χ4n) is 3.07. The molecular weight excluding hydrogens is 343 g/mol. The molecule has 4 nitrogen and oxygen atoms in total. The van der Waals surface area contributed by atoms with E-state index in [1.165, 1.54) is 12.1 Å². The summed E-state index contributed by atoms with van der Waals surface area (Å²) in [4.78, 5) is 11.2. The highest BCUT2D eigenvalue weighted by molar-refractivity contribution is 5.90. The molecule has 0 atom stereocenters. The predicted octanol–water partition coefficient (Wildman–Crippen LogP) is 5.00. The second-order valence-electron chi connectivity index (χ2n) is 6.19. The van der Waals surface area contributed by atoms with Crippen LogP contribution in [0.1, 0.15) is 32.9 Å². The fraction of sp³-hybridized carbons (Fsp3) is 0.0909. The molecule has 0 aliphatic carbocycles. The Labute approximate surface area is 156 Å². The summed E-state index contributed by atoms with van der Waals surface area (Å²) in [6, 6.07) is 16.6. The van der Waals surface area contributed by atoms with Crippen molar-refractivity contribution in [3.63, 3.8) is 0 Å². The van der Waals surface area contributed by atoms with E-state index in [1.807, 2.05) is 30.5 Å². The zero-order valence-electron chi connectivity index (χ0n) is 14.9. The average Bonchev–Trinajstić information content (AvgIpc) is 2.94. The van der Waals surface area contributed by atoms with Gasteiger partial charge in [-0.25, -0.2) is 9.18 Å². The molecule has 2 aromatic carbocycles. The molecule has 1 heterocycles. The van der Waals surface area contributed by atoms with Crippen LogP contribution < -0.4 is 0 Å². The van der Waals surface area contributed by atoms with E-state index in [4.69, 9.17) is 0 Å². The van der Waals surface area contributed by atoms with Gasteiger partial charge in [0.1, 0.15) is 5.82 Å². The monoisotopic (exact) mass is 360 g/mol. The molecule has 1 N–H and O–H groups in total.